The SMILES string of the molecule is CC(=O)Nc1cccc(N[C@H](C)C(=O)Nc2ccc3c(c2)OCO3)c1. The van der Waals surface area contributed by atoms with E-state index in [0.717, 1.165) is 5.69 Å². The number of carbonyl (C=O) groups is 2. The van der Waals surface area contributed by atoms with Gasteiger partial charge in [0.15, 0.2) is 11.5 Å². The summed E-state index contributed by atoms with van der Waals surface area (Å²) < 4.78 is 10.5. The maximum Gasteiger partial charge on any atom is 0.246 e. The Kier molecular flexibility index (Phi) is 4.74. The number of fused-ring (bicyclic) bond motifs is 1. The largest absolute Gasteiger partial charge is 0.454 e. The molecule has 3 rings (SSSR count). The summed E-state index contributed by atoms with van der Waals surface area (Å²) in [6.07, 6.45) is 0. The molecule has 0 aliphatic carbocycles. The minimum atomic E-state index is -0.474. The van der Waals surface area contributed by atoms with Gasteiger partial charge in [0.2, 0.25) is 18.6 Å². The van der Waals surface area contributed by atoms with Crippen molar-refractivity contribution >= 4 is 28.9 Å². The van der Waals surface area contributed by atoms with Crippen LogP contribution in [0.2, 0.25) is 0 Å². The molecule has 0 bridgehead atoms. The van der Waals surface area contributed by atoms with Gasteiger partial charge in [0.05, 0.1) is 0 Å². The van der Waals surface area contributed by atoms with Gasteiger partial charge in [-0.3, -0.25) is 9.59 Å². The Bertz CT molecular complexity index is 807. The number of hydrogen-bond acceptors (Lipinski definition) is 5. The Morgan fingerprint density at radius 3 is 2.48 bits per heavy atom. The van der Waals surface area contributed by atoms with Gasteiger partial charge in [-0.25, -0.2) is 0 Å². The molecule has 1 aliphatic heterocycles. The van der Waals surface area contributed by atoms with E-state index in [0.29, 0.717) is 22.9 Å². The first-order valence-corrected chi connectivity index (χ1v) is 7.86. The molecule has 2 aromatic carbocycles. The zero-order valence-electron chi connectivity index (χ0n) is 14.0. The van der Waals surface area contributed by atoms with Gasteiger partial charge in [-0.05, 0) is 37.3 Å². The first-order valence-electron chi connectivity index (χ1n) is 7.86. The van der Waals surface area contributed by atoms with E-state index >= 15 is 0 Å². The highest BCUT2D eigenvalue weighted by Crippen LogP contribution is 2.34. The van der Waals surface area contributed by atoms with Gasteiger partial charge in [0.25, 0.3) is 0 Å². The number of nitrogens with one attached hydrogen (secondary N) is 3. The van der Waals surface area contributed by atoms with E-state index in [1.54, 1.807) is 43.3 Å². The molecular weight excluding hydrogens is 322 g/mol. The smallest absolute Gasteiger partial charge is 0.246 e. The quantitative estimate of drug-likeness (QED) is 0.778. The summed E-state index contributed by atoms with van der Waals surface area (Å²) >= 11 is 0. The van der Waals surface area contributed by atoms with E-state index in [4.69, 9.17) is 9.47 Å². The molecule has 7 nitrogen and oxygen atoms in total. The lowest BCUT2D eigenvalue weighted by atomic mass is 10.2. The number of carbonyl (C=O) groups excluding carboxylic acids is 2. The fourth-order valence-corrected chi connectivity index (χ4v) is 2.43. The lowest BCUT2D eigenvalue weighted by Gasteiger charge is -2.16. The van der Waals surface area contributed by atoms with E-state index in [1.807, 2.05) is 6.07 Å². The van der Waals surface area contributed by atoms with E-state index in [9.17, 15) is 9.59 Å². The van der Waals surface area contributed by atoms with Crippen LogP contribution in [0.25, 0.3) is 0 Å². The van der Waals surface area contributed by atoms with Crippen molar-refractivity contribution in [1.29, 1.82) is 0 Å². The molecule has 0 spiro atoms. The van der Waals surface area contributed by atoms with Crippen molar-refractivity contribution in [2.45, 2.75) is 19.9 Å². The standard InChI is InChI=1S/C18H19N3O4/c1-11(19-13-4-3-5-14(8-13)20-12(2)22)18(23)21-15-6-7-16-17(9-15)25-10-24-16/h3-9,11,19H,10H2,1-2H3,(H,20,22)(H,21,23)/t11-/m1/s1. The van der Waals surface area contributed by atoms with E-state index < -0.39 is 6.04 Å². The van der Waals surface area contributed by atoms with Crippen molar-refractivity contribution in [1.82, 2.24) is 0 Å². The molecule has 130 valence electrons. The highest BCUT2D eigenvalue weighted by atomic mass is 16.7. The molecule has 0 aromatic heterocycles. The molecule has 0 saturated carbocycles. The van der Waals surface area contributed by atoms with Crippen molar-refractivity contribution in [2.24, 2.45) is 0 Å². The van der Waals surface area contributed by atoms with Crippen LogP contribution in [-0.4, -0.2) is 24.6 Å². The zero-order valence-corrected chi connectivity index (χ0v) is 14.0. The van der Waals surface area contributed by atoms with Crippen LogP contribution in [0.15, 0.2) is 42.5 Å². The predicted molar refractivity (Wildman–Crippen MR) is 95.0 cm³/mol. The van der Waals surface area contributed by atoms with Crippen LogP contribution in [0.3, 0.4) is 0 Å². The van der Waals surface area contributed by atoms with Crippen LogP contribution in [0, 0.1) is 0 Å². The molecule has 25 heavy (non-hydrogen) atoms. The second-order valence-corrected chi connectivity index (χ2v) is 5.69. The number of anilines is 3. The van der Waals surface area contributed by atoms with Gasteiger partial charge in [0, 0.05) is 30.1 Å². The molecule has 1 atom stereocenters. The van der Waals surface area contributed by atoms with Gasteiger partial charge < -0.3 is 25.4 Å². The molecule has 2 aromatic rings. The van der Waals surface area contributed by atoms with Gasteiger partial charge in [0.1, 0.15) is 6.04 Å². The number of ether oxygens (including phenoxy) is 2. The molecular formula is C18H19N3O4. The van der Waals surface area contributed by atoms with Crippen molar-refractivity contribution in [3.8, 4) is 11.5 Å². The number of amides is 2. The second kappa shape index (κ2) is 7.12. The minimum Gasteiger partial charge on any atom is -0.454 e. The van der Waals surface area contributed by atoms with E-state index in [1.165, 1.54) is 6.92 Å². The van der Waals surface area contributed by atoms with E-state index in [2.05, 4.69) is 16.0 Å². The van der Waals surface area contributed by atoms with Crippen LogP contribution < -0.4 is 25.4 Å². The average molecular weight is 341 g/mol. The van der Waals surface area contributed by atoms with Gasteiger partial charge in [-0.15, -0.1) is 0 Å². The van der Waals surface area contributed by atoms with Crippen LogP contribution in [0.1, 0.15) is 13.8 Å². The Labute approximate surface area is 145 Å². The Hall–Kier alpha value is -3.22. The molecule has 0 fully saturated rings. The van der Waals surface area contributed by atoms with Crippen LogP contribution in [0.4, 0.5) is 17.1 Å². The molecule has 1 heterocycles. The van der Waals surface area contributed by atoms with Crippen molar-refractivity contribution in [3.05, 3.63) is 42.5 Å². The predicted octanol–water partition coefficient (Wildman–Crippen LogP) is 2.81. The maximum absolute atomic E-state index is 12.4. The Morgan fingerprint density at radius 2 is 1.68 bits per heavy atom. The van der Waals surface area contributed by atoms with Crippen molar-refractivity contribution < 1.29 is 19.1 Å². The summed E-state index contributed by atoms with van der Waals surface area (Å²) in [5.41, 5.74) is 2.04. The molecule has 0 saturated heterocycles. The fourth-order valence-electron chi connectivity index (χ4n) is 2.43. The monoisotopic (exact) mass is 341 g/mol. The van der Waals surface area contributed by atoms with Crippen molar-refractivity contribution in [2.75, 3.05) is 22.7 Å². The first-order chi connectivity index (χ1) is 12.0. The Morgan fingerprint density at radius 1 is 0.960 bits per heavy atom. The third-order valence-electron chi connectivity index (χ3n) is 3.60. The molecule has 1 aliphatic rings. The lowest BCUT2D eigenvalue weighted by Crippen LogP contribution is -2.31. The summed E-state index contributed by atoms with van der Waals surface area (Å²) in [7, 11) is 0. The van der Waals surface area contributed by atoms with Gasteiger partial charge in [-0.2, -0.15) is 0 Å². The second-order valence-electron chi connectivity index (χ2n) is 5.69. The molecule has 0 radical (unpaired) electrons. The first kappa shape index (κ1) is 16.6. The summed E-state index contributed by atoms with van der Waals surface area (Å²) in [4.78, 5) is 23.5. The van der Waals surface area contributed by atoms with E-state index in [-0.39, 0.29) is 18.6 Å². The van der Waals surface area contributed by atoms with Crippen molar-refractivity contribution in [3.63, 3.8) is 0 Å². The third kappa shape index (κ3) is 4.20. The summed E-state index contributed by atoms with van der Waals surface area (Å²) in [6, 6.07) is 12.0. The zero-order chi connectivity index (χ0) is 17.8. The normalized spacial score (nSPS) is 13.0. The molecule has 3 N–H and O–H groups in total. The van der Waals surface area contributed by atoms with Gasteiger partial charge in [-0.1, -0.05) is 6.07 Å². The average Bonchev–Trinajstić information content (AvgIpc) is 3.02. The number of benzene rings is 2. The number of rotatable bonds is 5. The number of hydrogen-bond donors (Lipinski definition) is 3. The highest BCUT2D eigenvalue weighted by Gasteiger charge is 2.17. The summed E-state index contributed by atoms with van der Waals surface area (Å²) in [5.74, 6) is 0.940. The highest BCUT2D eigenvalue weighted by molar-refractivity contribution is 5.96. The third-order valence-corrected chi connectivity index (χ3v) is 3.60. The summed E-state index contributed by atoms with van der Waals surface area (Å²) in [6.45, 7) is 3.39. The fraction of sp³-hybridized carbons (Fsp3) is 0.222. The summed E-state index contributed by atoms with van der Waals surface area (Å²) in [5, 5.41) is 8.65. The Balaban J connectivity index is 1.62. The van der Waals surface area contributed by atoms with Crippen LogP contribution >= 0.6 is 0 Å². The van der Waals surface area contributed by atoms with Gasteiger partial charge >= 0.3 is 0 Å². The maximum atomic E-state index is 12.4. The minimum absolute atomic E-state index is 0.147. The molecule has 2 amide bonds. The molecule has 7 heteroatoms. The molecule has 0 unspecified atom stereocenters. The van der Waals surface area contributed by atoms with Crippen LogP contribution in [-0.2, 0) is 9.59 Å². The van der Waals surface area contributed by atoms with Crippen LogP contribution in [0.5, 0.6) is 11.5 Å². The lowest BCUT2D eigenvalue weighted by molar-refractivity contribution is -0.116. The topological polar surface area (TPSA) is 88.7 Å².